The Balaban J connectivity index is 1.98. The lowest BCUT2D eigenvalue weighted by atomic mass is 9.97. The van der Waals surface area contributed by atoms with Crippen molar-refractivity contribution in [2.75, 3.05) is 51.3 Å². The van der Waals surface area contributed by atoms with Crippen LogP contribution in [0.4, 0.5) is 5.95 Å². The minimum absolute atomic E-state index is 0.0740. The molecule has 166 valence electrons. The number of carbonyl (C=O) groups excluding carboxylic acids is 3. The molecule has 0 radical (unpaired) electrons. The topological polar surface area (TPSA) is 95.9 Å². The van der Waals surface area contributed by atoms with E-state index < -0.39 is 5.91 Å². The molecule has 0 bridgehead atoms. The average molecular weight is 440 g/mol. The van der Waals surface area contributed by atoms with Crippen LogP contribution in [0.1, 0.15) is 44.1 Å². The number of rotatable bonds is 8. The summed E-state index contributed by atoms with van der Waals surface area (Å²) < 4.78 is 5.05. The first-order valence-corrected chi connectivity index (χ1v) is 10.7. The van der Waals surface area contributed by atoms with Crippen LogP contribution in [0.15, 0.2) is 6.20 Å². The van der Waals surface area contributed by atoms with Crippen molar-refractivity contribution in [2.45, 2.75) is 33.6 Å². The molecule has 10 heteroatoms. The van der Waals surface area contributed by atoms with Crippen LogP contribution in [-0.2, 0) is 14.3 Å². The zero-order valence-corrected chi connectivity index (χ0v) is 18.8. The van der Waals surface area contributed by atoms with Crippen molar-refractivity contribution in [1.82, 2.24) is 19.8 Å². The Kier molecular flexibility index (Phi) is 8.83. The molecule has 1 aliphatic heterocycles. The first-order valence-electron chi connectivity index (χ1n) is 10.3. The number of likely N-dealkylation sites (tertiary alicyclic amines) is 1. The molecule has 2 amide bonds. The van der Waals surface area contributed by atoms with Crippen LogP contribution < -0.4 is 4.90 Å². The smallest absolute Gasteiger partial charge is 0.309 e. The summed E-state index contributed by atoms with van der Waals surface area (Å²) in [5, 5.41) is 0.144. The number of nitrogens with zero attached hydrogens (tertiary/aromatic N) is 5. The molecule has 0 unspecified atom stereocenters. The van der Waals surface area contributed by atoms with Gasteiger partial charge in [0.25, 0.3) is 5.91 Å². The summed E-state index contributed by atoms with van der Waals surface area (Å²) in [4.78, 5) is 50.7. The molecule has 1 aromatic rings. The van der Waals surface area contributed by atoms with Crippen LogP contribution in [-0.4, -0.2) is 83.9 Å². The molecule has 2 rings (SSSR count). The molecule has 0 aromatic carbocycles. The number of carbonyl (C=O) groups is 3. The molecule has 0 saturated carbocycles. The molecule has 1 fully saturated rings. The van der Waals surface area contributed by atoms with E-state index in [4.69, 9.17) is 16.3 Å². The molecule has 1 aromatic heterocycles. The maximum absolute atomic E-state index is 12.8. The Morgan fingerprint density at radius 2 is 1.83 bits per heavy atom. The lowest BCUT2D eigenvalue weighted by Crippen LogP contribution is -2.45. The molecule has 0 aliphatic carbocycles. The van der Waals surface area contributed by atoms with Crippen molar-refractivity contribution in [3.63, 3.8) is 0 Å². The molecule has 1 saturated heterocycles. The fourth-order valence-corrected chi connectivity index (χ4v) is 3.52. The summed E-state index contributed by atoms with van der Waals surface area (Å²) in [7, 11) is 1.54. The van der Waals surface area contributed by atoms with E-state index in [1.54, 1.807) is 18.9 Å². The summed E-state index contributed by atoms with van der Waals surface area (Å²) in [5.41, 5.74) is 0.0740. The second-order valence-electron chi connectivity index (χ2n) is 7.11. The van der Waals surface area contributed by atoms with Crippen molar-refractivity contribution in [3.05, 3.63) is 16.9 Å². The van der Waals surface area contributed by atoms with Crippen molar-refractivity contribution >= 4 is 35.3 Å². The lowest BCUT2D eigenvalue weighted by molar-refractivity contribution is -0.151. The third-order valence-electron chi connectivity index (χ3n) is 5.17. The van der Waals surface area contributed by atoms with Crippen LogP contribution in [0.25, 0.3) is 0 Å². The summed E-state index contributed by atoms with van der Waals surface area (Å²) >= 11 is 6.15. The maximum Gasteiger partial charge on any atom is 0.309 e. The highest BCUT2D eigenvalue weighted by atomic mass is 35.5. The van der Waals surface area contributed by atoms with Gasteiger partial charge in [-0.25, -0.2) is 9.97 Å². The summed E-state index contributed by atoms with van der Waals surface area (Å²) in [6.07, 6.45) is 2.53. The molecular weight excluding hydrogens is 410 g/mol. The van der Waals surface area contributed by atoms with Gasteiger partial charge in [0.05, 0.1) is 30.3 Å². The third kappa shape index (κ3) is 5.81. The first-order chi connectivity index (χ1) is 14.3. The number of aromatic nitrogens is 2. The van der Waals surface area contributed by atoms with Crippen molar-refractivity contribution < 1.29 is 19.1 Å². The van der Waals surface area contributed by atoms with Crippen LogP contribution in [0.5, 0.6) is 0 Å². The van der Waals surface area contributed by atoms with E-state index in [1.165, 1.54) is 11.1 Å². The number of anilines is 1. The number of likely N-dealkylation sites (N-methyl/N-ethyl adjacent to an activating group) is 1. The van der Waals surface area contributed by atoms with Crippen molar-refractivity contribution in [1.29, 1.82) is 0 Å². The Bertz CT molecular complexity index is 764. The number of halogens is 1. The van der Waals surface area contributed by atoms with Gasteiger partial charge in [0.2, 0.25) is 11.9 Å². The number of amides is 2. The number of ether oxygens (including phenoxy) is 1. The van der Waals surface area contributed by atoms with Gasteiger partial charge < -0.3 is 19.4 Å². The SMILES string of the molecule is CCOC(=O)C1CCN(C(=O)CN(C)C(=O)c2nc(N(CC)CC)ncc2Cl)CC1. The van der Waals surface area contributed by atoms with Gasteiger partial charge in [-0.2, -0.15) is 0 Å². The van der Waals surface area contributed by atoms with E-state index in [1.807, 2.05) is 18.7 Å². The summed E-state index contributed by atoms with van der Waals surface area (Å²) in [6.45, 7) is 8.30. The van der Waals surface area contributed by atoms with Gasteiger partial charge >= 0.3 is 5.97 Å². The van der Waals surface area contributed by atoms with Gasteiger partial charge in [-0.15, -0.1) is 0 Å². The molecule has 9 nitrogen and oxygen atoms in total. The highest BCUT2D eigenvalue weighted by Gasteiger charge is 2.29. The van der Waals surface area contributed by atoms with Crippen LogP contribution in [0.2, 0.25) is 5.02 Å². The second kappa shape index (κ2) is 11.1. The fraction of sp³-hybridized carbons (Fsp3) is 0.650. The van der Waals surface area contributed by atoms with Crippen LogP contribution in [0.3, 0.4) is 0 Å². The highest BCUT2D eigenvalue weighted by molar-refractivity contribution is 6.33. The third-order valence-corrected chi connectivity index (χ3v) is 5.44. The van der Waals surface area contributed by atoms with E-state index >= 15 is 0 Å². The quantitative estimate of drug-likeness (QED) is 0.570. The molecular formula is C20H30ClN5O4. The summed E-state index contributed by atoms with van der Waals surface area (Å²) in [6, 6.07) is 0. The van der Waals surface area contributed by atoms with Gasteiger partial charge in [-0.05, 0) is 33.6 Å². The maximum atomic E-state index is 12.8. The van der Waals surface area contributed by atoms with E-state index in [0.29, 0.717) is 51.6 Å². The zero-order valence-electron chi connectivity index (χ0n) is 18.1. The van der Waals surface area contributed by atoms with Crippen LogP contribution in [0, 0.1) is 5.92 Å². The van der Waals surface area contributed by atoms with Gasteiger partial charge in [0, 0.05) is 33.2 Å². The zero-order chi connectivity index (χ0) is 22.3. The van der Waals surface area contributed by atoms with Crippen LogP contribution >= 0.6 is 11.6 Å². The van der Waals surface area contributed by atoms with Gasteiger partial charge in [0.1, 0.15) is 0 Å². The second-order valence-corrected chi connectivity index (χ2v) is 7.51. The van der Waals surface area contributed by atoms with Crippen molar-refractivity contribution in [3.8, 4) is 0 Å². The van der Waals surface area contributed by atoms with Crippen molar-refractivity contribution in [2.24, 2.45) is 5.92 Å². The van der Waals surface area contributed by atoms with E-state index in [9.17, 15) is 14.4 Å². The number of hydrogen-bond donors (Lipinski definition) is 0. The molecule has 0 atom stereocenters. The summed E-state index contributed by atoms with van der Waals surface area (Å²) in [5.74, 6) is -0.577. The Morgan fingerprint density at radius 3 is 2.40 bits per heavy atom. The standard InChI is InChI=1S/C20H30ClN5O4/c1-5-25(6-2)20-22-12-15(21)17(23-20)18(28)24(4)13-16(27)26-10-8-14(9-11-26)19(29)30-7-3/h12,14H,5-11,13H2,1-4H3. The Hall–Kier alpha value is -2.42. The predicted octanol–water partition coefficient (Wildman–Crippen LogP) is 1.85. The van der Waals surface area contributed by atoms with E-state index in [-0.39, 0.29) is 35.1 Å². The molecule has 0 spiro atoms. The molecule has 2 heterocycles. The van der Waals surface area contributed by atoms with E-state index in [2.05, 4.69) is 9.97 Å². The number of esters is 1. The minimum atomic E-state index is -0.439. The first kappa shape index (κ1) is 23.9. The number of hydrogen-bond acceptors (Lipinski definition) is 7. The minimum Gasteiger partial charge on any atom is -0.466 e. The largest absolute Gasteiger partial charge is 0.466 e. The monoisotopic (exact) mass is 439 g/mol. The Morgan fingerprint density at radius 1 is 1.20 bits per heavy atom. The lowest BCUT2D eigenvalue weighted by Gasteiger charge is -2.32. The Labute approximate surface area is 182 Å². The molecule has 30 heavy (non-hydrogen) atoms. The van der Waals surface area contributed by atoms with Gasteiger partial charge in [-0.3, -0.25) is 14.4 Å². The molecule has 0 N–H and O–H groups in total. The van der Waals surface area contributed by atoms with E-state index in [0.717, 1.165) is 0 Å². The molecule has 1 aliphatic rings. The average Bonchev–Trinajstić information content (AvgIpc) is 2.75. The predicted molar refractivity (Wildman–Crippen MR) is 114 cm³/mol. The van der Waals surface area contributed by atoms with Gasteiger partial charge in [0.15, 0.2) is 5.69 Å². The fourth-order valence-electron chi connectivity index (χ4n) is 3.35. The van der Waals surface area contributed by atoms with Gasteiger partial charge in [-0.1, -0.05) is 11.6 Å². The number of piperidine rings is 1. The normalized spacial score (nSPS) is 14.4. The highest BCUT2D eigenvalue weighted by Crippen LogP contribution is 2.20.